The fourth-order valence-electron chi connectivity index (χ4n) is 5.35. The van der Waals surface area contributed by atoms with Crippen LogP contribution in [0.15, 0.2) is 100 Å². The van der Waals surface area contributed by atoms with Crippen molar-refractivity contribution in [2.24, 2.45) is 4.99 Å². The lowest BCUT2D eigenvalue weighted by molar-refractivity contribution is -0.140. The number of carbonyl (C=O) groups excluding carboxylic acids is 2. The number of thiazole rings is 1. The van der Waals surface area contributed by atoms with Crippen molar-refractivity contribution in [1.82, 2.24) is 9.13 Å². The van der Waals surface area contributed by atoms with Crippen LogP contribution < -0.4 is 20.2 Å². The van der Waals surface area contributed by atoms with Crippen LogP contribution in [-0.2, 0) is 20.9 Å². The summed E-state index contributed by atoms with van der Waals surface area (Å²) in [6, 6.07) is 16.7. The van der Waals surface area contributed by atoms with E-state index in [4.69, 9.17) is 16.3 Å². The largest absolute Gasteiger partial charge is 0.463 e. The van der Waals surface area contributed by atoms with E-state index in [1.165, 1.54) is 61.5 Å². The number of benzene rings is 3. The Kier molecular flexibility index (Phi) is 8.60. The van der Waals surface area contributed by atoms with Gasteiger partial charge in [-0.1, -0.05) is 53.3 Å². The Balaban J connectivity index is 1.48. The van der Waals surface area contributed by atoms with Gasteiger partial charge in [-0.15, -0.1) is 0 Å². The minimum Gasteiger partial charge on any atom is -0.463 e. The third-order valence-electron chi connectivity index (χ3n) is 7.33. The van der Waals surface area contributed by atoms with Crippen molar-refractivity contribution in [3.8, 4) is 0 Å². The summed E-state index contributed by atoms with van der Waals surface area (Å²) in [5.74, 6) is -2.09. The topological polar surface area (TPSA) is 94.7 Å². The van der Waals surface area contributed by atoms with Gasteiger partial charge in [0, 0.05) is 33.4 Å². The number of carbonyl (C=O) groups is 2. The number of hydrogen-bond acceptors (Lipinski definition) is 6. The quantitative estimate of drug-likeness (QED) is 0.175. The Bertz CT molecular complexity index is 2240. The molecule has 3 heterocycles. The average molecular weight is 683 g/mol. The molecule has 14 heteroatoms. The van der Waals surface area contributed by atoms with Gasteiger partial charge in [-0.05, 0) is 61.0 Å². The van der Waals surface area contributed by atoms with E-state index in [2.05, 4.69) is 10.3 Å². The number of rotatable bonds is 7. The number of allylic oxidation sites excluding steroid dienone is 1. The van der Waals surface area contributed by atoms with Gasteiger partial charge in [0.05, 0.1) is 22.8 Å². The van der Waals surface area contributed by atoms with E-state index < -0.39 is 46.7 Å². The maximum atomic E-state index is 14.4. The standard InChI is InChI=1S/C33H23ClF4N4O4S/c1-2-46-31(45)27-28(18-7-9-20(34)10-8-18)42-30(44)25(47-32(42)40-29(27)33(36,37)38)15-19-16-41(24-6-4-3-5-23(19)24)17-26(43)39-22-13-11-21(35)12-14-22/h3-16,28H,2,17H2,1H3,(H,39,43)/b25-15-/t28-/m1/s1. The number of halogens is 5. The number of ether oxygens (including phenoxy) is 1. The summed E-state index contributed by atoms with van der Waals surface area (Å²) in [6.07, 6.45) is -1.88. The summed E-state index contributed by atoms with van der Waals surface area (Å²) < 4.78 is 64.3. The maximum Gasteiger partial charge on any atom is 0.434 e. The number of anilines is 1. The van der Waals surface area contributed by atoms with Crippen molar-refractivity contribution in [2.75, 3.05) is 11.9 Å². The number of esters is 1. The molecule has 1 aliphatic heterocycles. The fraction of sp³-hybridized carbons (Fsp3) is 0.152. The van der Waals surface area contributed by atoms with Crippen LogP contribution >= 0.6 is 22.9 Å². The number of nitrogens with zero attached hydrogens (tertiary/aromatic N) is 3. The Morgan fingerprint density at radius 1 is 1.06 bits per heavy atom. The fourth-order valence-corrected chi connectivity index (χ4v) is 6.47. The van der Waals surface area contributed by atoms with E-state index in [1.807, 2.05) is 0 Å². The van der Waals surface area contributed by atoms with Crippen LogP contribution in [0, 0.1) is 5.82 Å². The van der Waals surface area contributed by atoms with Crippen LogP contribution in [-0.4, -0.2) is 33.8 Å². The molecule has 8 nitrogen and oxygen atoms in total. The summed E-state index contributed by atoms with van der Waals surface area (Å²) in [6.45, 7) is 1.14. The molecular weight excluding hydrogens is 660 g/mol. The molecule has 0 unspecified atom stereocenters. The van der Waals surface area contributed by atoms with Crippen molar-refractivity contribution >= 4 is 57.5 Å². The molecule has 0 fully saturated rings. The number of hydrogen-bond donors (Lipinski definition) is 1. The van der Waals surface area contributed by atoms with E-state index in [0.717, 1.165) is 15.9 Å². The molecule has 0 saturated carbocycles. The number of nitrogens with one attached hydrogen (secondary N) is 1. The van der Waals surface area contributed by atoms with Crippen LogP contribution in [0.5, 0.6) is 0 Å². The molecule has 0 bridgehead atoms. The number of alkyl halides is 3. The first-order chi connectivity index (χ1) is 22.4. The van der Waals surface area contributed by atoms with Crippen LogP contribution in [0.25, 0.3) is 17.0 Å². The lowest BCUT2D eigenvalue weighted by Gasteiger charge is -2.26. The second-order valence-electron chi connectivity index (χ2n) is 10.4. The lowest BCUT2D eigenvalue weighted by atomic mass is 9.95. The highest BCUT2D eigenvalue weighted by molar-refractivity contribution is 7.07. The normalized spacial score (nSPS) is 15.0. The van der Waals surface area contributed by atoms with Crippen LogP contribution in [0.3, 0.4) is 0 Å². The Labute approximate surface area is 272 Å². The number of amides is 1. The predicted molar refractivity (Wildman–Crippen MR) is 169 cm³/mol. The SMILES string of the molecule is CCOC(=O)C1=C(C(F)(F)F)N=c2s/c(=C\c3cn(CC(=O)Nc4ccc(F)cc4)c4ccccc34)c(=O)n2[C@@H]1c1ccc(Cl)cc1. The van der Waals surface area contributed by atoms with E-state index in [9.17, 15) is 31.9 Å². The minimum atomic E-state index is -5.04. The molecule has 2 aromatic heterocycles. The van der Waals surface area contributed by atoms with Gasteiger partial charge in [-0.3, -0.25) is 14.2 Å². The highest BCUT2D eigenvalue weighted by Gasteiger charge is 2.45. The van der Waals surface area contributed by atoms with Gasteiger partial charge in [-0.25, -0.2) is 14.2 Å². The van der Waals surface area contributed by atoms with Gasteiger partial charge in [0.15, 0.2) is 10.5 Å². The number of fused-ring (bicyclic) bond motifs is 2. The third kappa shape index (κ3) is 6.36. The zero-order valence-corrected chi connectivity index (χ0v) is 25.9. The number of para-hydroxylation sites is 1. The summed E-state index contributed by atoms with van der Waals surface area (Å²) >= 11 is 6.78. The zero-order valence-electron chi connectivity index (χ0n) is 24.3. The van der Waals surface area contributed by atoms with Crippen molar-refractivity contribution in [1.29, 1.82) is 0 Å². The summed E-state index contributed by atoms with van der Waals surface area (Å²) in [7, 11) is 0. The van der Waals surface area contributed by atoms with Crippen molar-refractivity contribution < 1.29 is 31.9 Å². The van der Waals surface area contributed by atoms with E-state index in [1.54, 1.807) is 35.0 Å². The molecule has 1 amide bonds. The number of aromatic nitrogens is 2. The third-order valence-corrected chi connectivity index (χ3v) is 8.56. The molecule has 0 spiro atoms. The average Bonchev–Trinajstić information content (AvgIpc) is 3.53. The summed E-state index contributed by atoms with van der Waals surface area (Å²) in [4.78, 5) is 43.4. The molecular formula is C33H23ClF4N4O4S. The van der Waals surface area contributed by atoms with Crippen molar-refractivity contribution in [3.63, 3.8) is 0 Å². The molecule has 0 aliphatic carbocycles. The van der Waals surface area contributed by atoms with Gasteiger partial charge < -0.3 is 14.6 Å². The second-order valence-corrected chi connectivity index (χ2v) is 11.8. The van der Waals surface area contributed by atoms with Gasteiger partial charge in [0.2, 0.25) is 5.91 Å². The van der Waals surface area contributed by atoms with Crippen molar-refractivity contribution in [3.05, 3.63) is 132 Å². The first-order valence-electron chi connectivity index (χ1n) is 14.1. The molecule has 1 atom stereocenters. The molecule has 5 aromatic rings. The smallest absolute Gasteiger partial charge is 0.434 e. The first-order valence-corrected chi connectivity index (χ1v) is 15.3. The van der Waals surface area contributed by atoms with Gasteiger partial charge in [0.1, 0.15) is 12.4 Å². The van der Waals surface area contributed by atoms with Gasteiger partial charge in [0.25, 0.3) is 5.56 Å². The van der Waals surface area contributed by atoms with Crippen LogP contribution in [0.2, 0.25) is 5.02 Å². The van der Waals surface area contributed by atoms with Crippen molar-refractivity contribution in [2.45, 2.75) is 25.7 Å². The molecule has 6 rings (SSSR count). The van der Waals surface area contributed by atoms with Gasteiger partial charge in [-0.2, -0.15) is 13.2 Å². The van der Waals surface area contributed by atoms with E-state index in [-0.39, 0.29) is 28.0 Å². The maximum absolute atomic E-state index is 14.4. The molecule has 47 heavy (non-hydrogen) atoms. The second kappa shape index (κ2) is 12.6. The Hall–Kier alpha value is -5.01. The molecule has 240 valence electrons. The molecule has 3 aromatic carbocycles. The molecule has 0 radical (unpaired) electrons. The first kappa shape index (κ1) is 32.0. The summed E-state index contributed by atoms with van der Waals surface area (Å²) in [5, 5.41) is 3.68. The Morgan fingerprint density at radius 2 is 1.77 bits per heavy atom. The van der Waals surface area contributed by atoms with Gasteiger partial charge >= 0.3 is 12.1 Å². The van der Waals surface area contributed by atoms with E-state index >= 15 is 0 Å². The zero-order chi connectivity index (χ0) is 33.5. The predicted octanol–water partition coefficient (Wildman–Crippen LogP) is 5.73. The lowest BCUT2D eigenvalue weighted by Crippen LogP contribution is -2.41. The molecule has 1 N–H and O–H groups in total. The van der Waals surface area contributed by atoms with E-state index in [0.29, 0.717) is 27.2 Å². The Morgan fingerprint density at radius 3 is 2.45 bits per heavy atom. The highest BCUT2D eigenvalue weighted by atomic mass is 35.5. The van der Waals surface area contributed by atoms with Crippen LogP contribution in [0.4, 0.5) is 23.2 Å². The molecule has 0 saturated heterocycles. The minimum absolute atomic E-state index is 0.0491. The highest BCUT2D eigenvalue weighted by Crippen LogP contribution is 2.38. The monoisotopic (exact) mass is 682 g/mol. The molecule has 1 aliphatic rings. The summed E-state index contributed by atoms with van der Waals surface area (Å²) in [5.41, 5.74) is -1.16. The van der Waals surface area contributed by atoms with Crippen LogP contribution in [0.1, 0.15) is 24.1 Å².